The summed E-state index contributed by atoms with van der Waals surface area (Å²) in [7, 11) is -0.687. The summed E-state index contributed by atoms with van der Waals surface area (Å²) in [6.07, 6.45) is 2.76. The number of nitrogens with one attached hydrogen (secondary N) is 1. The maximum Gasteiger partial charge on any atom is 0.0554 e. The minimum atomic E-state index is -0.687. The summed E-state index contributed by atoms with van der Waals surface area (Å²) in [4.78, 5) is 0. The fourth-order valence-electron chi connectivity index (χ4n) is 1.41. The second-order valence-corrected chi connectivity index (χ2v) is 6.38. The number of hydrogen-bond acceptors (Lipinski definition) is 3. The van der Waals surface area contributed by atoms with Crippen LogP contribution in [0, 0.1) is 5.41 Å². The molecule has 0 amide bonds. The van der Waals surface area contributed by atoms with Gasteiger partial charge in [-0.05, 0) is 13.0 Å². The molecule has 3 nitrogen and oxygen atoms in total. The molecule has 4 heteroatoms. The van der Waals surface area contributed by atoms with Gasteiger partial charge in [0.2, 0.25) is 0 Å². The molecule has 0 saturated carbocycles. The van der Waals surface area contributed by atoms with Crippen LogP contribution in [-0.4, -0.2) is 42.0 Å². The van der Waals surface area contributed by atoms with Crippen LogP contribution in [0.2, 0.25) is 0 Å². The Balaban J connectivity index is 2.01. The third-order valence-corrected chi connectivity index (χ3v) is 4.12. The van der Waals surface area contributed by atoms with Crippen LogP contribution in [0.25, 0.3) is 0 Å². The minimum absolute atomic E-state index is 0.299. The van der Waals surface area contributed by atoms with Crippen molar-refractivity contribution in [3.05, 3.63) is 0 Å². The molecule has 1 aliphatic rings. The summed E-state index contributed by atoms with van der Waals surface area (Å²) >= 11 is 0. The Morgan fingerprint density at radius 3 is 2.64 bits per heavy atom. The topological polar surface area (TPSA) is 38.3 Å². The van der Waals surface area contributed by atoms with Crippen LogP contribution in [0.15, 0.2) is 0 Å². The molecular formula is C10H21NO2S. The first kappa shape index (κ1) is 12.1. The minimum Gasteiger partial charge on any atom is -0.380 e. The summed E-state index contributed by atoms with van der Waals surface area (Å²) in [6.45, 7) is 7.97. The molecule has 0 spiro atoms. The quantitative estimate of drug-likeness (QED) is 0.671. The highest BCUT2D eigenvalue weighted by Crippen LogP contribution is 2.24. The fourth-order valence-corrected chi connectivity index (χ4v) is 1.86. The highest BCUT2D eigenvalue weighted by Gasteiger charge is 2.32. The first-order valence-electron chi connectivity index (χ1n) is 5.14. The van der Waals surface area contributed by atoms with Gasteiger partial charge in [-0.2, -0.15) is 0 Å². The molecule has 1 N–H and O–H groups in total. The smallest absolute Gasteiger partial charge is 0.0554 e. The second-order valence-electron chi connectivity index (χ2n) is 4.58. The lowest BCUT2D eigenvalue weighted by Crippen LogP contribution is -2.47. The van der Waals surface area contributed by atoms with Crippen molar-refractivity contribution in [2.75, 3.05) is 32.6 Å². The number of hydrogen-bond donors (Lipinski definition) is 1. The molecule has 1 heterocycles. The lowest BCUT2D eigenvalue weighted by molar-refractivity contribution is -0.0989. The van der Waals surface area contributed by atoms with E-state index in [9.17, 15) is 4.21 Å². The average molecular weight is 219 g/mol. The highest BCUT2D eigenvalue weighted by molar-refractivity contribution is 7.84. The lowest BCUT2D eigenvalue weighted by atomic mass is 9.89. The van der Waals surface area contributed by atoms with Gasteiger partial charge in [-0.3, -0.25) is 4.21 Å². The van der Waals surface area contributed by atoms with Crippen LogP contribution in [0.3, 0.4) is 0 Å². The van der Waals surface area contributed by atoms with Crippen LogP contribution in [0.4, 0.5) is 0 Å². The van der Waals surface area contributed by atoms with Crippen molar-refractivity contribution in [1.29, 1.82) is 0 Å². The van der Waals surface area contributed by atoms with Crippen molar-refractivity contribution >= 4 is 10.8 Å². The molecule has 0 aromatic rings. The summed E-state index contributed by atoms with van der Waals surface area (Å²) in [6, 6.07) is 0. The normalized spacial score (nSPS) is 23.9. The highest BCUT2D eigenvalue weighted by atomic mass is 32.2. The molecule has 1 rings (SSSR count). The zero-order chi connectivity index (χ0) is 10.6. The van der Waals surface area contributed by atoms with Crippen molar-refractivity contribution in [3.8, 4) is 0 Å². The molecule has 1 fully saturated rings. The van der Waals surface area contributed by atoms with Gasteiger partial charge >= 0.3 is 0 Å². The molecular weight excluding hydrogens is 198 g/mol. The summed E-state index contributed by atoms with van der Waals surface area (Å²) in [5.41, 5.74) is 0.342. The Hall–Kier alpha value is 0.0700. The zero-order valence-corrected chi connectivity index (χ0v) is 10.2. The molecule has 0 aromatic carbocycles. The summed E-state index contributed by atoms with van der Waals surface area (Å²) in [5.74, 6) is 0. The van der Waals surface area contributed by atoms with Gasteiger partial charge in [0, 0.05) is 34.3 Å². The van der Waals surface area contributed by atoms with Crippen molar-refractivity contribution in [1.82, 2.24) is 5.32 Å². The molecule has 2 atom stereocenters. The maximum atomic E-state index is 11.1. The van der Waals surface area contributed by atoms with Crippen LogP contribution >= 0.6 is 0 Å². The molecule has 0 aromatic heterocycles. The Labute approximate surface area is 89.1 Å². The van der Waals surface area contributed by atoms with E-state index < -0.39 is 10.8 Å². The third kappa shape index (κ3) is 3.67. The zero-order valence-electron chi connectivity index (χ0n) is 9.34. The predicted molar refractivity (Wildman–Crippen MR) is 59.9 cm³/mol. The molecule has 0 radical (unpaired) electrons. The summed E-state index contributed by atoms with van der Waals surface area (Å²) < 4.78 is 16.2. The van der Waals surface area contributed by atoms with Crippen molar-refractivity contribution in [3.63, 3.8) is 0 Å². The van der Waals surface area contributed by atoms with Crippen LogP contribution < -0.4 is 5.32 Å². The van der Waals surface area contributed by atoms with E-state index in [1.54, 1.807) is 6.26 Å². The molecule has 84 valence electrons. The number of ether oxygens (including phenoxy) is 1. The third-order valence-electron chi connectivity index (χ3n) is 2.75. The molecule has 2 unspecified atom stereocenters. The Morgan fingerprint density at radius 1 is 1.57 bits per heavy atom. The number of rotatable bonds is 6. The van der Waals surface area contributed by atoms with Gasteiger partial charge in [0.1, 0.15) is 0 Å². The SMILES string of the molecule is CC(CCNCC1(C)COC1)S(C)=O. The van der Waals surface area contributed by atoms with Gasteiger partial charge in [0.25, 0.3) is 0 Å². The Morgan fingerprint density at radius 2 is 2.21 bits per heavy atom. The standard InChI is InChI=1S/C10H21NO2S/c1-9(14(3)12)4-5-11-6-10(2)7-13-8-10/h9,11H,4-8H2,1-3H3. The average Bonchev–Trinajstić information content (AvgIpc) is 2.09. The largest absolute Gasteiger partial charge is 0.380 e. The predicted octanol–water partition coefficient (Wildman–Crippen LogP) is 0.770. The van der Waals surface area contributed by atoms with Crippen LogP contribution in [-0.2, 0) is 15.5 Å². The van der Waals surface area contributed by atoms with E-state index >= 15 is 0 Å². The molecule has 1 saturated heterocycles. The first-order chi connectivity index (χ1) is 6.53. The summed E-state index contributed by atoms with van der Waals surface area (Å²) in [5, 5.41) is 3.70. The lowest BCUT2D eigenvalue weighted by Gasteiger charge is -2.38. The van der Waals surface area contributed by atoms with E-state index in [-0.39, 0.29) is 0 Å². The van der Waals surface area contributed by atoms with Crippen molar-refractivity contribution in [2.24, 2.45) is 5.41 Å². The van der Waals surface area contributed by atoms with E-state index in [0.717, 1.165) is 32.7 Å². The fraction of sp³-hybridized carbons (Fsp3) is 1.00. The van der Waals surface area contributed by atoms with E-state index in [2.05, 4.69) is 12.2 Å². The van der Waals surface area contributed by atoms with Crippen LogP contribution in [0.5, 0.6) is 0 Å². The molecule has 0 aliphatic carbocycles. The van der Waals surface area contributed by atoms with Crippen LogP contribution in [0.1, 0.15) is 20.3 Å². The second kappa shape index (κ2) is 5.24. The Kier molecular flexibility index (Phi) is 4.54. The molecule has 0 bridgehead atoms. The van der Waals surface area contributed by atoms with Gasteiger partial charge < -0.3 is 10.1 Å². The van der Waals surface area contributed by atoms with Gasteiger partial charge in [-0.15, -0.1) is 0 Å². The van der Waals surface area contributed by atoms with Gasteiger partial charge in [0.15, 0.2) is 0 Å². The van der Waals surface area contributed by atoms with Crippen molar-refractivity contribution < 1.29 is 8.95 Å². The van der Waals surface area contributed by atoms with Gasteiger partial charge in [0.05, 0.1) is 13.2 Å². The van der Waals surface area contributed by atoms with Crippen molar-refractivity contribution in [2.45, 2.75) is 25.5 Å². The monoisotopic (exact) mass is 219 g/mol. The van der Waals surface area contributed by atoms with E-state index in [1.807, 2.05) is 6.92 Å². The molecule has 1 aliphatic heterocycles. The van der Waals surface area contributed by atoms with Gasteiger partial charge in [-0.1, -0.05) is 13.8 Å². The first-order valence-corrected chi connectivity index (χ1v) is 6.76. The van der Waals surface area contributed by atoms with E-state index in [4.69, 9.17) is 4.74 Å². The Bertz CT molecular complexity index is 204. The van der Waals surface area contributed by atoms with E-state index in [1.165, 1.54) is 0 Å². The maximum absolute atomic E-state index is 11.1. The van der Waals surface area contributed by atoms with Gasteiger partial charge in [-0.25, -0.2) is 0 Å². The van der Waals surface area contributed by atoms with E-state index in [0.29, 0.717) is 10.7 Å². The molecule has 14 heavy (non-hydrogen) atoms.